The smallest absolute Gasteiger partial charge is 0.233 e. The standard InChI is InChI=1S/C24H33NO7/c1-3-4-14(9-16-6-7-17(12-27)32-16)5-8-20(29)21-15(11-26)10-18-22(19(21)13-28)24(31)25(2)23(18)30/h6-7,9,18-20,22,26-29H,3-5,8,10-13H2,1-2H3/b14-9+/t18-,19+,20-,22-/m1/s1. The predicted molar refractivity (Wildman–Crippen MR) is 117 cm³/mol. The third-order valence-electron chi connectivity index (χ3n) is 6.65. The van der Waals surface area contributed by atoms with Crippen LogP contribution in [0, 0.1) is 17.8 Å². The fourth-order valence-electron chi connectivity index (χ4n) is 5.09. The van der Waals surface area contributed by atoms with E-state index in [0.717, 1.165) is 23.3 Å². The van der Waals surface area contributed by atoms with E-state index in [0.29, 0.717) is 35.5 Å². The van der Waals surface area contributed by atoms with Crippen LogP contribution in [0.3, 0.4) is 0 Å². The molecule has 4 N–H and O–H groups in total. The molecule has 1 fully saturated rings. The number of imide groups is 1. The average molecular weight is 448 g/mol. The molecule has 2 aliphatic rings. The van der Waals surface area contributed by atoms with Crippen molar-refractivity contribution in [3.8, 4) is 0 Å². The van der Waals surface area contributed by atoms with Crippen molar-refractivity contribution in [2.45, 2.75) is 51.7 Å². The van der Waals surface area contributed by atoms with Crippen molar-refractivity contribution in [3.05, 3.63) is 40.4 Å². The second-order valence-corrected chi connectivity index (χ2v) is 8.65. The molecule has 0 spiro atoms. The maximum atomic E-state index is 12.7. The summed E-state index contributed by atoms with van der Waals surface area (Å²) in [6.07, 6.45) is 3.80. The monoisotopic (exact) mass is 447 g/mol. The van der Waals surface area contributed by atoms with Crippen LogP contribution in [0.5, 0.6) is 0 Å². The minimum atomic E-state index is -0.950. The SMILES string of the molecule is CCC/C(=C\c1ccc(CO)o1)CC[C@@H](O)C1=C(CO)C[C@H]2C(=O)N(C)C(=O)[C@H]2[C@H]1CO. The maximum Gasteiger partial charge on any atom is 0.233 e. The first-order valence-corrected chi connectivity index (χ1v) is 11.2. The van der Waals surface area contributed by atoms with Gasteiger partial charge in [-0.05, 0) is 55.0 Å². The van der Waals surface area contributed by atoms with Crippen LogP contribution in [0.15, 0.2) is 33.3 Å². The lowest BCUT2D eigenvalue weighted by Gasteiger charge is -2.36. The minimum Gasteiger partial charge on any atom is -0.459 e. The highest BCUT2D eigenvalue weighted by Crippen LogP contribution is 2.45. The molecule has 0 aromatic carbocycles. The zero-order valence-electron chi connectivity index (χ0n) is 18.7. The van der Waals surface area contributed by atoms with Crippen LogP contribution < -0.4 is 0 Å². The summed E-state index contributed by atoms with van der Waals surface area (Å²) in [5.41, 5.74) is 2.09. The van der Waals surface area contributed by atoms with Crippen LogP contribution >= 0.6 is 0 Å². The minimum absolute atomic E-state index is 0.172. The molecular weight excluding hydrogens is 414 g/mol. The van der Waals surface area contributed by atoms with Crippen molar-refractivity contribution in [1.29, 1.82) is 0 Å². The van der Waals surface area contributed by atoms with Crippen molar-refractivity contribution in [2.75, 3.05) is 20.3 Å². The highest BCUT2D eigenvalue weighted by atomic mass is 16.4. The molecule has 32 heavy (non-hydrogen) atoms. The van der Waals surface area contributed by atoms with E-state index in [-0.39, 0.29) is 38.1 Å². The molecule has 1 aromatic rings. The average Bonchev–Trinajstić information content (AvgIpc) is 3.34. The van der Waals surface area contributed by atoms with Gasteiger partial charge in [0.2, 0.25) is 11.8 Å². The lowest BCUT2D eigenvalue weighted by molar-refractivity contribution is -0.138. The Labute approximate surface area is 187 Å². The Hall–Kier alpha value is -2.26. The molecule has 2 amide bonds. The van der Waals surface area contributed by atoms with E-state index in [9.17, 15) is 30.0 Å². The Bertz CT molecular complexity index is 900. The van der Waals surface area contributed by atoms with Crippen LogP contribution in [0.1, 0.15) is 50.5 Å². The van der Waals surface area contributed by atoms with Gasteiger partial charge in [0.25, 0.3) is 0 Å². The topological polar surface area (TPSA) is 131 Å². The molecule has 1 saturated heterocycles. The number of carbonyl (C=O) groups is 2. The van der Waals surface area contributed by atoms with E-state index in [4.69, 9.17) is 4.42 Å². The summed E-state index contributed by atoms with van der Waals surface area (Å²) in [4.78, 5) is 26.2. The number of amides is 2. The van der Waals surface area contributed by atoms with Gasteiger partial charge in [0, 0.05) is 13.0 Å². The first-order valence-electron chi connectivity index (χ1n) is 11.2. The number of aliphatic hydroxyl groups is 4. The van der Waals surface area contributed by atoms with Gasteiger partial charge in [0.15, 0.2) is 0 Å². The number of aliphatic hydroxyl groups excluding tert-OH is 4. The second kappa shape index (κ2) is 10.6. The molecule has 0 unspecified atom stereocenters. The summed E-state index contributed by atoms with van der Waals surface area (Å²) < 4.78 is 5.54. The fraction of sp³-hybridized carbons (Fsp3) is 0.583. The van der Waals surface area contributed by atoms with E-state index in [1.807, 2.05) is 6.08 Å². The van der Waals surface area contributed by atoms with Gasteiger partial charge in [-0.1, -0.05) is 18.9 Å². The van der Waals surface area contributed by atoms with Gasteiger partial charge in [-0.3, -0.25) is 14.5 Å². The van der Waals surface area contributed by atoms with Gasteiger partial charge in [-0.2, -0.15) is 0 Å². The summed E-state index contributed by atoms with van der Waals surface area (Å²) in [7, 11) is 1.44. The van der Waals surface area contributed by atoms with Crippen LogP contribution in [-0.4, -0.2) is 63.5 Å². The molecule has 1 aromatic heterocycles. The maximum absolute atomic E-state index is 12.7. The van der Waals surface area contributed by atoms with Gasteiger partial charge >= 0.3 is 0 Å². The summed E-state index contributed by atoms with van der Waals surface area (Å²) in [5, 5.41) is 40.3. The molecule has 2 heterocycles. The Balaban J connectivity index is 1.81. The van der Waals surface area contributed by atoms with Crippen molar-refractivity contribution < 1.29 is 34.4 Å². The van der Waals surface area contributed by atoms with Crippen molar-refractivity contribution in [2.24, 2.45) is 17.8 Å². The van der Waals surface area contributed by atoms with Crippen LogP contribution in [-0.2, 0) is 16.2 Å². The van der Waals surface area contributed by atoms with Gasteiger partial charge < -0.3 is 24.8 Å². The Morgan fingerprint density at radius 1 is 1.19 bits per heavy atom. The molecule has 4 atom stereocenters. The largest absolute Gasteiger partial charge is 0.459 e. The number of fused-ring (bicyclic) bond motifs is 1. The number of hydrogen-bond acceptors (Lipinski definition) is 7. The third-order valence-corrected chi connectivity index (χ3v) is 6.65. The predicted octanol–water partition coefficient (Wildman–Crippen LogP) is 1.63. The van der Waals surface area contributed by atoms with Crippen LogP contribution in [0.25, 0.3) is 6.08 Å². The number of allylic oxidation sites excluding steroid dienone is 1. The zero-order valence-corrected chi connectivity index (χ0v) is 18.7. The quantitative estimate of drug-likeness (QED) is 0.317. The van der Waals surface area contributed by atoms with Crippen LogP contribution in [0.4, 0.5) is 0 Å². The van der Waals surface area contributed by atoms with E-state index in [1.165, 1.54) is 7.05 Å². The molecular formula is C24H33NO7. The molecule has 176 valence electrons. The molecule has 1 aliphatic heterocycles. The van der Waals surface area contributed by atoms with E-state index < -0.39 is 23.9 Å². The lowest BCUT2D eigenvalue weighted by Crippen LogP contribution is -2.39. The summed E-state index contributed by atoms with van der Waals surface area (Å²) >= 11 is 0. The molecule has 0 saturated carbocycles. The Morgan fingerprint density at radius 3 is 2.53 bits per heavy atom. The second-order valence-electron chi connectivity index (χ2n) is 8.65. The van der Waals surface area contributed by atoms with E-state index in [1.54, 1.807) is 12.1 Å². The van der Waals surface area contributed by atoms with Gasteiger partial charge in [0.1, 0.15) is 18.1 Å². The normalized spacial score (nSPS) is 25.0. The third kappa shape index (κ3) is 4.73. The van der Waals surface area contributed by atoms with Gasteiger partial charge in [0.05, 0.1) is 31.2 Å². The molecule has 8 nitrogen and oxygen atoms in total. The Morgan fingerprint density at radius 2 is 1.94 bits per heavy atom. The van der Waals surface area contributed by atoms with E-state index >= 15 is 0 Å². The number of carbonyl (C=O) groups excluding carboxylic acids is 2. The lowest BCUT2D eigenvalue weighted by atomic mass is 9.68. The highest BCUT2D eigenvalue weighted by Gasteiger charge is 2.53. The zero-order chi connectivity index (χ0) is 23.4. The number of rotatable bonds is 10. The van der Waals surface area contributed by atoms with E-state index in [2.05, 4.69) is 6.92 Å². The van der Waals surface area contributed by atoms with Crippen molar-refractivity contribution in [1.82, 2.24) is 4.90 Å². The first-order chi connectivity index (χ1) is 15.4. The van der Waals surface area contributed by atoms with Gasteiger partial charge in [-0.25, -0.2) is 0 Å². The molecule has 0 radical (unpaired) electrons. The summed E-state index contributed by atoms with van der Waals surface area (Å²) in [5.74, 6) is -1.52. The summed E-state index contributed by atoms with van der Waals surface area (Å²) in [6.45, 7) is 1.18. The first kappa shape index (κ1) is 24.4. The number of likely N-dealkylation sites (tertiary alicyclic amines) is 1. The van der Waals surface area contributed by atoms with Crippen molar-refractivity contribution in [3.63, 3.8) is 0 Å². The Kier molecular flexibility index (Phi) is 8.05. The molecule has 1 aliphatic carbocycles. The van der Waals surface area contributed by atoms with Gasteiger partial charge in [-0.15, -0.1) is 0 Å². The molecule has 8 heteroatoms. The fourth-order valence-corrected chi connectivity index (χ4v) is 5.09. The number of furan rings is 1. The van der Waals surface area contributed by atoms with Crippen LogP contribution in [0.2, 0.25) is 0 Å². The molecule has 0 bridgehead atoms. The van der Waals surface area contributed by atoms with Crippen molar-refractivity contribution >= 4 is 17.9 Å². The molecule has 3 rings (SSSR count). The summed E-state index contributed by atoms with van der Waals surface area (Å²) in [6, 6.07) is 3.50. The number of hydrogen-bond donors (Lipinski definition) is 4. The highest BCUT2D eigenvalue weighted by molar-refractivity contribution is 6.05. The number of nitrogens with zero attached hydrogens (tertiary/aromatic N) is 1.